The number of nitrogen functional groups attached to an aromatic ring is 1. The summed E-state index contributed by atoms with van der Waals surface area (Å²) >= 11 is 10.8. The van der Waals surface area contributed by atoms with Crippen molar-refractivity contribution in [3.63, 3.8) is 0 Å². The minimum absolute atomic E-state index is 0.552. The average Bonchev–Trinajstić information content (AvgIpc) is 2.55. The molecule has 1 aromatic heterocycles. The predicted molar refractivity (Wildman–Crippen MR) is 63.5 cm³/mol. The fourth-order valence-corrected chi connectivity index (χ4v) is 2.89. The van der Waals surface area contributed by atoms with E-state index in [1.807, 2.05) is 12.1 Å². The van der Waals surface area contributed by atoms with Gasteiger partial charge in [0.1, 0.15) is 0 Å². The third kappa shape index (κ3) is 1.56. The van der Waals surface area contributed by atoms with Crippen LogP contribution in [0.1, 0.15) is 4.88 Å². The summed E-state index contributed by atoms with van der Waals surface area (Å²) in [5.41, 5.74) is 6.71. The summed E-state index contributed by atoms with van der Waals surface area (Å²) in [6, 6.07) is 6.08. The van der Waals surface area contributed by atoms with E-state index in [0.29, 0.717) is 5.88 Å². The number of halogens is 2. The molecule has 68 valence electrons. The number of hydrogen-bond donors (Lipinski definition) is 1. The van der Waals surface area contributed by atoms with Crippen molar-refractivity contribution in [1.82, 2.24) is 0 Å². The molecule has 2 aromatic rings. The molecule has 1 nitrogen and oxygen atoms in total. The van der Waals surface area contributed by atoms with Crippen LogP contribution in [0.25, 0.3) is 10.1 Å². The molecule has 0 amide bonds. The first-order valence-electron chi connectivity index (χ1n) is 3.74. The lowest BCUT2D eigenvalue weighted by Gasteiger charge is -1.97. The van der Waals surface area contributed by atoms with Crippen molar-refractivity contribution in [3.05, 3.63) is 27.5 Å². The van der Waals surface area contributed by atoms with Gasteiger partial charge in [-0.25, -0.2) is 0 Å². The maximum atomic E-state index is 5.91. The van der Waals surface area contributed by atoms with Gasteiger partial charge in [0.25, 0.3) is 0 Å². The molecule has 1 aromatic carbocycles. The maximum absolute atomic E-state index is 5.91. The molecule has 0 fully saturated rings. The lowest BCUT2D eigenvalue weighted by molar-refractivity contribution is 1.54. The van der Waals surface area contributed by atoms with E-state index in [9.17, 15) is 0 Å². The maximum Gasteiger partial charge on any atom is 0.0639 e. The molecule has 0 saturated heterocycles. The molecule has 0 spiro atoms. The molecule has 0 aliphatic carbocycles. The summed E-state index contributed by atoms with van der Waals surface area (Å²) in [5.74, 6) is 0.552. The molecular weight excluding hydrogens is 270 g/mol. The molecule has 2 rings (SSSR count). The van der Waals surface area contributed by atoms with Crippen LogP contribution in [0.3, 0.4) is 0 Å². The standard InChI is InChI=1S/C9H7BrClNS/c10-7-2-1-5-3-6(4-11)13-9(5)8(7)12/h1-3H,4,12H2. The van der Waals surface area contributed by atoms with Gasteiger partial charge in [0.05, 0.1) is 16.3 Å². The lowest BCUT2D eigenvalue weighted by atomic mass is 10.2. The fourth-order valence-electron chi connectivity index (χ4n) is 1.22. The number of anilines is 1. The van der Waals surface area contributed by atoms with Crippen LogP contribution < -0.4 is 5.73 Å². The number of benzene rings is 1. The van der Waals surface area contributed by atoms with Crippen molar-refractivity contribution in [3.8, 4) is 0 Å². The Morgan fingerprint density at radius 3 is 2.92 bits per heavy atom. The molecule has 0 radical (unpaired) electrons. The number of alkyl halides is 1. The summed E-state index contributed by atoms with van der Waals surface area (Å²) in [7, 11) is 0. The van der Waals surface area contributed by atoms with E-state index in [0.717, 1.165) is 19.7 Å². The Bertz CT molecular complexity index is 452. The number of fused-ring (bicyclic) bond motifs is 1. The molecule has 13 heavy (non-hydrogen) atoms. The van der Waals surface area contributed by atoms with Gasteiger partial charge in [0.15, 0.2) is 0 Å². The highest BCUT2D eigenvalue weighted by atomic mass is 79.9. The van der Waals surface area contributed by atoms with Gasteiger partial charge in [-0.05, 0) is 33.4 Å². The summed E-state index contributed by atoms with van der Waals surface area (Å²) in [6.07, 6.45) is 0. The Morgan fingerprint density at radius 1 is 1.46 bits per heavy atom. The second-order valence-electron chi connectivity index (χ2n) is 2.73. The second kappa shape index (κ2) is 3.48. The number of hydrogen-bond acceptors (Lipinski definition) is 2. The van der Waals surface area contributed by atoms with Gasteiger partial charge in [-0.1, -0.05) is 6.07 Å². The third-order valence-corrected chi connectivity index (χ3v) is 4.18. The van der Waals surface area contributed by atoms with E-state index in [1.165, 1.54) is 5.39 Å². The lowest BCUT2D eigenvalue weighted by Crippen LogP contribution is -1.84. The van der Waals surface area contributed by atoms with Crippen LogP contribution in [0, 0.1) is 0 Å². The number of rotatable bonds is 1. The highest BCUT2D eigenvalue weighted by molar-refractivity contribution is 9.10. The Labute approximate surface area is 93.6 Å². The topological polar surface area (TPSA) is 26.0 Å². The zero-order valence-corrected chi connectivity index (χ0v) is 9.84. The van der Waals surface area contributed by atoms with Crippen LogP contribution in [0.2, 0.25) is 0 Å². The van der Waals surface area contributed by atoms with Gasteiger partial charge in [0.2, 0.25) is 0 Å². The summed E-state index contributed by atoms with van der Waals surface area (Å²) in [5, 5.41) is 1.17. The van der Waals surface area contributed by atoms with E-state index in [4.69, 9.17) is 17.3 Å². The second-order valence-corrected chi connectivity index (χ2v) is 4.98. The fraction of sp³-hybridized carbons (Fsp3) is 0.111. The summed E-state index contributed by atoms with van der Waals surface area (Å²) < 4.78 is 2.06. The first kappa shape index (κ1) is 9.31. The van der Waals surface area contributed by atoms with Gasteiger partial charge in [-0.15, -0.1) is 22.9 Å². The van der Waals surface area contributed by atoms with Crippen molar-refractivity contribution in [2.24, 2.45) is 0 Å². The smallest absolute Gasteiger partial charge is 0.0639 e. The van der Waals surface area contributed by atoms with E-state index < -0.39 is 0 Å². The molecule has 0 unspecified atom stereocenters. The number of thiophene rings is 1. The highest BCUT2D eigenvalue weighted by Gasteiger charge is 2.06. The number of nitrogens with two attached hydrogens (primary N) is 1. The van der Waals surface area contributed by atoms with Crippen LogP contribution in [-0.2, 0) is 5.88 Å². The monoisotopic (exact) mass is 275 g/mol. The Hall–Kier alpha value is -0.250. The first-order valence-corrected chi connectivity index (χ1v) is 5.89. The van der Waals surface area contributed by atoms with Gasteiger partial charge in [0, 0.05) is 9.35 Å². The van der Waals surface area contributed by atoms with E-state index >= 15 is 0 Å². The van der Waals surface area contributed by atoms with Crippen LogP contribution in [0.4, 0.5) is 5.69 Å². The first-order chi connectivity index (χ1) is 6.22. The summed E-state index contributed by atoms with van der Waals surface area (Å²) in [4.78, 5) is 1.15. The molecule has 0 aliphatic rings. The highest BCUT2D eigenvalue weighted by Crippen LogP contribution is 2.35. The quantitative estimate of drug-likeness (QED) is 0.619. The predicted octanol–water partition coefficient (Wildman–Crippen LogP) is 3.98. The Morgan fingerprint density at radius 2 is 2.23 bits per heavy atom. The van der Waals surface area contributed by atoms with Crippen LogP contribution in [0.5, 0.6) is 0 Å². The minimum Gasteiger partial charge on any atom is -0.397 e. The zero-order chi connectivity index (χ0) is 9.42. The van der Waals surface area contributed by atoms with Crippen molar-refractivity contribution in [2.45, 2.75) is 5.88 Å². The van der Waals surface area contributed by atoms with Crippen molar-refractivity contribution >= 4 is 54.6 Å². The SMILES string of the molecule is Nc1c(Br)ccc2cc(CCl)sc12. The molecule has 0 atom stereocenters. The largest absolute Gasteiger partial charge is 0.397 e. The van der Waals surface area contributed by atoms with E-state index in [-0.39, 0.29) is 0 Å². The molecule has 0 bridgehead atoms. The van der Waals surface area contributed by atoms with Crippen molar-refractivity contribution < 1.29 is 0 Å². The van der Waals surface area contributed by atoms with Gasteiger partial charge in [-0.3, -0.25) is 0 Å². The molecule has 4 heteroatoms. The van der Waals surface area contributed by atoms with Crippen LogP contribution in [-0.4, -0.2) is 0 Å². The third-order valence-electron chi connectivity index (χ3n) is 1.85. The molecule has 0 aliphatic heterocycles. The Kier molecular flexibility index (Phi) is 2.49. The minimum atomic E-state index is 0.552. The zero-order valence-electron chi connectivity index (χ0n) is 6.68. The van der Waals surface area contributed by atoms with Crippen LogP contribution >= 0.6 is 38.9 Å². The van der Waals surface area contributed by atoms with E-state index in [2.05, 4.69) is 22.0 Å². The van der Waals surface area contributed by atoms with Gasteiger partial charge in [-0.2, -0.15) is 0 Å². The summed E-state index contributed by atoms with van der Waals surface area (Å²) in [6.45, 7) is 0. The van der Waals surface area contributed by atoms with Crippen molar-refractivity contribution in [1.29, 1.82) is 0 Å². The van der Waals surface area contributed by atoms with Crippen LogP contribution in [0.15, 0.2) is 22.7 Å². The Balaban J connectivity index is 2.76. The van der Waals surface area contributed by atoms with Gasteiger partial charge < -0.3 is 5.73 Å². The molecule has 0 saturated carbocycles. The average molecular weight is 277 g/mol. The van der Waals surface area contributed by atoms with Crippen molar-refractivity contribution in [2.75, 3.05) is 5.73 Å². The van der Waals surface area contributed by atoms with Gasteiger partial charge >= 0.3 is 0 Å². The normalized spacial score (nSPS) is 10.9. The molecular formula is C9H7BrClNS. The molecule has 2 N–H and O–H groups in total. The molecule has 1 heterocycles. The van der Waals surface area contributed by atoms with E-state index in [1.54, 1.807) is 11.3 Å².